The smallest absolute Gasteiger partial charge is 0.185 e. The predicted molar refractivity (Wildman–Crippen MR) is 68.3 cm³/mol. The highest BCUT2D eigenvalue weighted by Gasteiger charge is 2.03. The highest BCUT2D eigenvalue weighted by Crippen LogP contribution is 2.10. The SMILES string of the molecule is CC(=O)SCCc1ccc(C(=O)CCl)cc1. The van der Waals surface area contributed by atoms with E-state index in [1.165, 1.54) is 11.8 Å². The minimum absolute atomic E-state index is 0.0134. The quantitative estimate of drug-likeness (QED) is 0.600. The molecule has 0 aliphatic rings. The Bertz CT molecular complexity index is 373. The summed E-state index contributed by atoms with van der Waals surface area (Å²) in [6.45, 7) is 1.56. The van der Waals surface area contributed by atoms with E-state index < -0.39 is 0 Å². The van der Waals surface area contributed by atoms with Gasteiger partial charge in [-0.15, -0.1) is 11.6 Å². The molecule has 0 aliphatic carbocycles. The molecule has 0 saturated heterocycles. The average molecular weight is 257 g/mol. The molecule has 0 fully saturated rings. The topological polar surface area (TPSA) is 34.1 Å². The number of ketones is 1. The van der Waals surface area contributed by atoms with Crippen LogP contribution in [0.5, 0.6) is 0 Å². The number of carbonyl (C=O) groups is 2. The second kappa shape index (κ2) is 6.71. The van der Waals surface area contributed by atoms with Gasteiger partial charge in [0.1, 0.15) is 0 Å². The molecule has 2 nitrogen and oxygen atoms in total. The standard InChI is InChI=1S/C12H13ClO2S/c1-9(14)16-7-6-10-2-4-11(5-3-10)12(15)8-13/h2-5H,6-8H2,1H3. The van der Waals surface area contributed by atoms with E-state index in [1.54, 1.807) is 19.1 Å². The minimum atomic E-state index is -0.0636. The van der Waals surface area contributed by atoms with Crippen molar-refractivity contribution in [3.8, 4) is 0 Å². The van der Waals surface area contributed by atoms with Crippen LogP contribution >= 0.6 is 23.4 Å². The van der Waals surface area contributed by atoms with Crippen LogP contribution < -0.4 is 0 Å². The number of aryl methyl sites for hydroxylation is 1. The van der Waals surface area contributed by atoms with Crippen molar-refractivity contribution < 1.29 is 9.59 Å². The lowest BCUT2D eigenvalue weighted by Gasteiger charge is -2.01. The number of Topliss-reactive ketones (excluding diaryl/α,β-unsaturated/α-hetero) is 1. The van der Waals surface area contributed by atoms with Gasteiger partial charge in [-0.25, -0.2) is 0 Å². The van der Waals surface area contributed by atoms with Crippen LogP contribution in [0.25, 0.3) is 0 Å². The molecule has 0 aromatic heterocycles. The highest BCUT2D eigenvalue weighted by molar-refractivity contribution is 8.13. The van der Waals surface area contributed by atoms with Crippen LogP contribution in [-0.2, 0) is 11.2 Å². The summed E-state index contributed by atoms with van der Waals surface area (Å²) in [5.41, 5.74) is 1.76. The van der Waals surface area contributed by atoms with Gasteiger partial charge >= 0.3 is 0 Å². The van der Waals surface area contributed by atoms with Gasteiger partial charge in [0, 0.05) is 18.2 Å². The van der Waals surface area contributed by atoms with Crippen molar-refractivity contribution in [1.82, 2.24) is 0 Å². The summed E-state index contributed by atoms with van der Waals surface area (Å²) in [5, 5.41) is 0.133. The summed E-state index contributed by atoms with van der Waals surface area (Å²) < 4.78 is 0. The lowest BCUT2D eigenvalue weighted by molar-refractivity contribution is -0.109. The van der Waals surface area contributed by atoms with E-state index >= 15 is 0 Å². The van der Waals surface area contributed by atoms with E-state index in [-0.39, 0.29) is 16.8 Å². The molecule has 0 unspecified atom stereocenters. The number of benzene rings is 1. The summed E-state index contributed by atoms with van der Waals surface area (Å²) in [6.07, 6.45) is 0.833. The second-order valence-electron chi connectivity index (χ2n) is 3.34. The Balaban J connectivity index is 2.51. The molecular formula is C12H13ClO2S. The molecule has 16 heavy (non-hydrogen) atoms. The van der Waals surface area contributed by atoms with Crippen LogP contribution in [-0.4, -0.2) is 22.5 Å². The molecule has 0 bridgehead atoms. The summed E-state index contributed by atoms with van der Waals surface area (Å²) in [5.74, 6) is 0.726. The second-order valence-corrected chi connectivity index (χ2v) is 4.88. The van der Waals surface area contributed by atoms with E-state index in [1.807, 2.05) is 12.1 Å². The van der Waals surface area contributed by atoms with E-state index in [9.17, 15) is 9.59 Å². The van der Waals surface area contributed by atoms with Crippen LogP contribution in [0, 0.1) is 0 Å². The van der Waals surface area contributed by atoms with Gasteiger partial charge in [0.15, 0.2) is 10.9 Å². The third-order valence-electron chi connectivity index (χ3n) is 2.09. The van der Waals surface area contributed by atoms with Gasteiger partial charge < -0.3 is 0 Å². The number of alkyl halides is 1. The first-order chi connectivity index (χ1) is 7.63. The molecule has 4 heteroatoms. The number of rotatable bonds is 5. The molecule has 0 aliphatic heterocycles. The van der Waals surface area contributed by atoms with Gasteiger partial charge in [-0.2, -0.15) is 0 Å². The van der Waals surface area contributed by atoms with E-state index in [2.05, 4.69) is 0 Å². The molecule has 0 atom stereocenters. The maximum absolute atomic E-state index is 11.2. The molecule has 0 radical (unpaired) electrons. The molecule has 1 rings (SSSR count). The van der Waals surface area contributed by atoms with Crippen LogP contribution in [0.3, 0.4) is 0 Å². The molecule has 0 heterocycles. The van der Waals surface area contributed by atoms with Crippen molar-refractivity contribution in [3.63, 3.8) is 0 Å². The zero-order chi connectivity index (χ0) is 12.0. The van der Waals surface area contributed by atoms with E-state index in [0.29, 0.717) is 5.56 Å². The van der Waals surface area contributed by atoms with Crippen LogP contribution in [0.15, 0.2) is 24.3 Å². The molecule has 0 N–H and O–H groups in total. The third kappa shape index (κ3) is 4.37. The third-order valence-corrected chi connectivity index (χ3v) is 3.15. The predicted octanol–water partition coefficient (Wildman–Crippen LogP) is 2.93. The molecular weight excluding hydrogens is 244 g/mol. The van der Waals surface area contributed by atoms with Gasteiger partial charge in [-0.3, -0.25) is 9.59 Å². The molecule has 0 amide bonds. The van der Waals surface area contributed by atoms with Crippen molar-refractivity contribution in [2.45, 2.75) is 13.3 Å². The van der Waals surface area contributed by atoms with Gasteiger partial charge in [0.2, 0.25) is 0 Å². The zero-order valence-corrected chi connectivity index (χ0v) is 10.6. The maximum atomic E-state index is 11.2. The fraction of sp³-hybridized carbons (Fsp3) is 0.333. The van der Waals surface area contributed by atoms with E-state index in [4.69, 9.17) is 11.6 Å². The summed E-state index contributed by atoms with van der Waals surface area (Å²) in [4.78, 5) is 22.0. The van der Waals surface area contributed by atoms with Gasteiger partial charge in [0.25, 0.3) is 0 Å². The van der Waals surface area contributed by atoms with Crippen LogP contribution in [0.1, 0.15) is 22.8 Å². The number of carbonyl (C=O) groups excluding carboxylic acids is 2. The number of thioether (sulfide) groups is 1. The Kier molecular flexibility index (Phi) is 5.56. The first kappa shape index (κ1) is 13.3. The van der Waals surface area contributed by atoms with Crippen molar-refractivity contribution in [3.05, 3.63) is 35.4 Å². The maximum Gasteiger partial charge on any atom is 0.185 e. The monoisotopic (exact) mass is 256 g/mol. The Morgan fingerprint density at radius 3 is 2.38 bits per heavy atom. The Morgan fingerprint density at radius 1 is 1.25 bits per heavy atom. The van der Waals surface area contributed by atoms with Gasteiger partial charge in [-0.1, -0.05) is 36.0 Å². The summed E-state index contributed by atoms with van der Waals surface area (Å²) in [6, 6.07) is 7.36. The number of hydrogen-bond acceptors (Lipinski definition) is 3. The van der Waals surface area contributed by atoms with Crippen molar-refractivity contribution in [2.24, 2.45) is 0 Å². The normalized spacial score (nSPS) is 10.1. The van der Waals surface area contributed by atoms with Crippen molar-refractivity contribution >= 4 is 34.3 Å². The van der Waals surface area contributed by atoms with Crippen molar-refractivity contribution in [2.75, 3.05) is 11.6 Å². The number of hydrogen-bond donors (Lipinski definition) is 0. The summed E-state index contributed by atoms with van der Waals surface area (Å²) in [7, 11) is 0. The average Bonchev–Trinajstić information content (AvgIpc) is 2.28. The van der Waals surface area contributed by atoms with Crippen LogP contribution in [0.2, 0.25) is 0 Å². The minimum Gasteiger partial charge on any atom is -0.293 e. The Hall–Kier alpha value is -0.800. The van der Waals surface area contributed by atoms with Gasteiger partial charge in [0.05, 0.1) is 5.88 Å². The molecule has 86 valence electrons. The Labute approximate surface area is 104 Å². The van der Waals surface area contributed by atoms with Crippen molar-refractivity contribution in [1.29, 1.82) is 0 Å². The highest BCUT2D eigenvalue weighted by atomic mass is 35.5. The lowest BCUT2D eigenvalue weighted by atomic mass is 10.1. The number of halogens is 1. The van der Waals surface area contributed by atoms with Crippen LogP contribution in [0.4, 0.5) is 0 Å². The molecule has 0 spiro atoms. The fourth-order valence-electron chi connectivity index (χ4n) is 1.25. The molecule has 0 saturated carbocycles. The zero-order valence-electron chi connectivity index (χ0n) is 9.03. The first-order valence-electron chi connectivity index (χ1n) is 4.95. The summed E-state index contributed by atoms with van der Waals surface area (Å²) >= 11 is 6.77. The largest absolute Gasteiger partial charge is 0.293 e. The van der Waals surface area contributed by atoms with Gasteiger partial charge in [-0.05, 0) is 12.0 Å². The molecule has 1 aromatic carbocycles. The first-order valence-corrected chi connectivity index (χ1v) is 6.47. The van der Waals surface area contributed by atoms with E-state index in [0.717, 1.165) is 17.7 Å². The fourth-order valence-corrected chi connectivity index (χ4v) is 2.03. The lowest BCUT2D eigenvalue weighted by Crippen LogP contribution is -2.00. The molecule has 1 aromatic rings. The Morgan fingerprint density at radius 2 is 1.88 bits per heavy atom.